The van der Waals surface area contributed by atoms with E-state index in [-0.39, 0.29) is 11.3 Å². The molecule has 2 aliphatic rings. The van der Waals surface area contributed by atoms with Crippen molar-refractivity contribution in [2.75, 3.05) is 13.7 Å². The van der Waals surface area contributed by atoms with E-state index in [0.717, 1.165) is 38.0 Å². The Hall–Kier alpha value is -2.31. The molecule has 158 valence electrons. The van der Waals surface area contributed by atoms with Crippen LogP contribution in [0.4, 0.5) is 0 Å². The third kappa shape index (κ3) is 4.25. The van der Waals surface area contributed by atoms with Gasteiger partial charge in [-0.25, -0.2) is 0 Å². The molecule has 1 saturated carbocycles. The van der Waals surface area contributed by atoms with Crippen LogP contribution >= 0.6 is 0 Å². The van der Waals surface area contributed by atoms with Crippen molar-refractivity contribution >= 4 is 0 Å². The van der Waals surface area contributed by atoms with Gasteiger partial charge in [0.25, 0.3) is 0 Å². The Kier molecular flexibility index (Phi) is 6.44. The summed E-state index contributed by atoms with van der Waals surface area (Å²) in [7, 11) is 1.69. The van der Waals surface area contributed by atoms with Gasteiger partial charge >= 0.3 is 0 Å². The van der Waals surface area contributed by atoms with E-state index in [1.54, 1.807) is 12.7 Å². The van der Waals surface area contributed by atoms with Crippen molar-refractivity contribution in [1.82, 2.24) is 0 Å². The largest absolute Gasteiger partial charge is 0.497 e. The van der Waals surface area contributed by atoms with Gasteiger partial charge in [0.15, 0.2) is 0 Å². The molecule has 0 aliphatic heterocycles. The number of nitriles is 1. The van der Waals surface area contributed by atoms with Crippen LogP contribution in [0.15, 0.2) is 48.5 Å². The Morgan fingerprint density at radius 2 is 1.83 bits per heavy atom. The molecule has 0 amide bonds. The topological polar surface area (TPSA) is 42.2 Å². The predicted molar refractivity (Wildman–Crippen MR) is 119 cm³/mol. The summed E-state index contributed by atoms with van der Waals surface area (Å²) >= 11 is 0. The van der Waals surface area contributed by atoms with E-state index in [0.29, 0.717) is 18.4 Å². The predicted octanol–water partition coefficient (Wildman–Crippen LogP) is 6.06. The van der Waals surface area contributed by atoms with Gasteiger partial charge in [-0.05, 0) is 84.6 Å². The minimum Gasteiger partial charge on any atom is -0.497 e. The van der Waals surface area contributed by atoms with Crippen LogP contribution in [0.1, 0.15) is 55.7 Å². The summed E-state index contributed by atoms with van der Waals surface area (Å²) in [5, 5.41) is 9.38. The maximum absolute atomic E-state index is 9.38. The second-order valence-electron chi connectivity index (χ2n) is 9.32. The van der Waals surface area contributed by atoms with Gasteiger partial charge < -0.3 is 9.47 Å². The average Bonchev–Trinajstić information content (AvgIpc) is 3.07. The number of fused-ring (bicyclic) bond motifs is 2. The lowest BCUT2D eigenvalue weighted by Gasteiger charge is -2.42. The normalized spacial score (nSPS) is 26.2. The summed E-state index contributed by atoms with van der Waals surface area (Å²) in [6, 6.07) is 19.7. The van der Waals surface area contributed by atoms with Crippen LogP contribution in [-0.4, -0.2) is 13.7 Å². The number of hydrogen-bond acceptors (Lipinski definition) is 3. The first-order chi connectivity index (χ1) is 14.6. The number of nitrogens with zero attached hydrogens (tertiary/aromatic N) is 1. The molecule has 0 N–H and O–H groups in total. The van der Waals surface area contributed by atoms with Crippen LogP contribution in [0.3, 0.4) is 0 Å². The zero-order valence-electron chi connectivity index (χ0n) is 18.3. The van der Waals surface area contributed by atoms with Crippen LogP contribution < -0.4 is 4.74 Å². The Balaban J connectivity index is 1.37. The van der Waals surface area contributed by atoms with Crippen LogP contribution in [0.2, 0.25) is 0 Å². The molecule has 2 aromatic rings. The van der Waals surface area contributed by atoms with Gasteiger partial charge in [-0.15, -0.1) is 0 Å². The molecule has 0 aromatic heterocycles. The SMILES string of the molecule is COc1ccc(COC[C@H](C)C[C@H]2Cc3ccccc3C23CCC(C#N)CC3)cc1. The van der Waals surface area contributed by atoms with E-state index in [1.165, 1.54) is 24.0 Å². The Labute approximate surface area is 181 Å². The fourth-order valence-electron chi connectivity index (χ4n) is 5.77. The van der Waals surface area contributed by atoms with Crippen LogP contribution in [-0.2, 0) is 23.2 Å². The van der Waals surface area contributed by atoms with Crippen molar-refractivity contribution in [1.29, 1.82) is 5.26 Å². The zero-order valence-corrected chi connectivity index (χ0v) is 18.3. The van der Waals surface area contributed by atoms with Crippen molar-refractivity contribution in [2.24, 2.45) is 17.8 Å². The van der Waals surface area contributed by atoms with Gasteiger partial charge in [0.2, 0.25) is 0 Å². The molecule has 4 rings (SSSR count). The van der Waals surface area contributed by atoms with Crippen molar-refractivity contribution in [2.45, 2.75) is 57.5 Å². The van der Waals surface area contributed by atoms with Gasteiger partial charge in [-0.2, -0.15) is 5.26 Å². The summed E-state index contributed by atoms with van der Waals surface area (Å²) in [4.78, 5) is 0. The molecule has 2 aromatic carbocycles. The minimum absolute atomic E-state index is 0.245. The summed E-state index contributed by atoms with van der Waals surface area (Å²) in [6.45, 7) is 3.76. The fourth-order valence-corrected chi connectivity index (χ4v) is 5.77. The standard InChI is InChI=1S/C27H33NO2/c1-20(18-30-19-22-7-9-25(29-2)10-8-22)15-24-16-23-5-3-4-6-26(23)27(24)13-11-21(17-28)12-14-27/h3-10,20-21,24H,11-16,18-19H2,1-2H3/t20-,21?,24+,27?/m1/s1. The van der Waals surface area contributed by atoms with Gasteiger partial charge in [-0.1, -0.05) is 43.3 Å². The highest BCUT2D eigenvalue weighted by Crippen LogP contribution is 2.54. The lowest BCUT2D eigenvalue weighted by Crippen LogP contribution is -2.37. The number of rotatable bonds is 7. The molecule has 2 aliphatic carbocycles. The number of benzene rings is 2. The molecule has 0 bridgehead atoms. The third-order valence-electron chi connectivity index (χ3n) is 7.38. The molecule has 0 radical (unpaired) electrons. The summed E-state index contributed by atoms with van der Waals surface area (Å²) in [6.07, 6.45) is 6.77. The molecule has 0 unspecified atom stereocenters. The lowest BCUT2D eigenvalue weighted by molar-refractivity contribution is 0.0728. The first-order valence-electron chi connectivity index (χ1n) is 11.3. The lowest BCUT2D eigenvalue weighted by atomic mass is 9.62. The summed E-state index contributed by atoms with van der Waals surface area (Å²) < 4.78 is 11.3. The second-order valence-corrected chi connectivity index (χ2v) is 9.32. The van der Waals surface area contributed by atoms with Gasteiger partial charge in [0.1, 0.15) is 5.75 Å². The monoisotopic (exact) mass is 403 g/mol. The van der Waals surface area contributed by atoms with Crippen molar-refractivity contribution in [3.8, 4) is 11.8 Å². The first-order valence-corrected chi connectivity index (χ1v) is 11.3. The fraction of sp³-hybridized carbons (Fsp3) is 0.519. The molecule has 1 spiro atoms. The highest BCUT2D eigenvalue weighted by molar-refractivity contribution is 5.41. The maximum atomic E-state index is 9.38. The Bertz CT molecular complexity index is 874. The molecular formula is C27H33NO2. The molecular weight excluding hydrogens is 370 g/mol. The molecule has 0 heterocycles. The van der Waals surface area contributed by atoms with Crippen LogP contribution in [0, 0.1) is 29.1 Å². The molecule has 30 heavy (non-hydrogen) atoms. The van der Waals surface area contributed by atoms with E-state index in [4.69, 9.17) is 9.47 Å². The summed E-state index contributed by atoms with van der Waals surface area (Å²) in [5.74, 6) is 2.31. The molecule has 1 fully saturated rings. The number of hydrogen-bond donors (Lipinski definition) is 0. The number of methoxy groups -OCH3 is 1. The molecule has 3 heteroatoms. The van der Waals surface area contributed by atoms with E-state index in [2.05, 4.69) is 49.4 Å². The zero-order chi connectivity index (χ0) is 21.0. The highest BCUT2D eigenvalue weighted by Gasteiger charge is 2.48. The summed E-state index contributed by atoms with van der Waals surface area (Å²) in [5.41, 5.74) is 4.55. The van der Waals surface area contributed by atoms with Crippen molar-refractivity contribution in [3.05, 3.63) is 65.2 Å². The van der Waals surface area contributed by atoms with E-state index < -0.39 is 0 Å². The van der Waals surface area contributed by atoms with Crippen molar-refractivity contribution < 1.29 is 9.47 Å². The van der Waals surface area contributed by atoms with Gasteiger partial charge in [0.05, 0.1) is 19.8 Å². The van der Waals surface area contributed by atoms with Gasteiger partial charge in [0, 0.05) is 12.5 Å². The Morgan fingerprint density at radius 1 is 1.10 bits per heavy atom. The third-order valence-corrected chi connectivity index (χ3v) is 7.38. The molecule has 3 nitrogen and oxygen atoms in total. The molecule has 0 saturated heterocycles. The average molecular weight is 404 g/mol. The van der Waals surface area contributed by atoms with E-state index >= 15 is 0 Å². The van der Waals surface area contributed by atoms with Crippen molar-refractivity contribution in [3.63, 3.8) is 0 Å². The van der Waals surface area contributed by atoms with Crippen LogP contribution in [0.25, 0.3) is 0 Å². The maximum Gasteiger partial charge on any atom is 0.118 e. The minimum atomic E-state index is 0.245. The smallest absolute Gasteiger partial charge is 0.118 e. The second kappa shape index (κ2) is 9.23. The first kappa shape index (κ1) is 20.9. The number of ether oxygens (including phenoxy) is 2. The highest BCUT2D eigenvalue weighted by atomic mass is 16.5. The van der Waals surface area contributed by atoms with Crippen LogP contribution in [0.5, 0.6) is 5.75 Å². The van der Waals surface area contributed by atoms with E-state index in [9.17, 15) is 5.26 Å². The van der Waals surface area contributed by atoms with Gasteiger partial charge in [-0.3, -0.25) is 0 Å². The Morgan fingerprint density at radius 3 is 2.53 bits per heavy atom. The molecule has 2 atom stereocenters. The quantitative estimate of drug-likeness (QED) is 0.564. The van der Waals surface area contributed by atoms with E-state index in [1.807, 2.05) is 12.1 Å².